The summed E-state index contributed by atoms with van der Waals surface area (Å²) >= 11 is 0. The number of rotatable bonds is 8. The normalized spacial score (nSPS) is 12.3. The Bertz CT molecular complexity index is 3500. The molecule has 0 radical (unpaired) electrons. The highest BCUT2D eigenvalue weighted by Gasteiger charge is 2.18. The van der Waals surface area contributed by atoms with Crippen molar-refractivity contribution in [2.45, 2.75) is 0 Å². The summed E-state index contributed by atoms with van der Waals surface area (Å²) in [6.07, 6.45) is 0. The lowest BCUT2D eigenvalue weighted by molar-refractivity contribution is 0.673. The van der Waals surface area contributed by atoms with E-state index >= 15 is 0 Å². The van der Waals surface area contributed by atoms with Crippen LogP contribution in [0.3, 0.4) is 0 Å². The van der Waals surface area contributed by atoms with Crippen LogP contribution in [0.2, 0.25) is 0 Å². The maximum Gasteiger partial charge on any atom is 0.143 e. The van der Waals surface area contributed by atoms with Crippen LogP contribution in [0.15, 0.2) is 241 Å². The first kappa shape index (κ1) is 31.1. The molecule has 11 rings (SSSR count). The number of anilines is 3. The predicted octanol–water partition coefficient (Wildman–Crippen LogP) is 16.5. The Kier molecular flexibility index (Phi) is 7.83. The molecule has 0 saturated carbocycles. The maximum atomic E-state index is 9.65. The van der Waals surface area contributed by atoms with Gasteiger partial charge < -0.3 is 9.32 Å². The van der Waals surface area contributed by atoms with Gasteiger partial charge in [0.1, 0.15) is 11.2 Å². The third-order valence-corrected chi connectivity index (χ3v) is 11.3. The number of fused-ring (bicyclic) bond motifs is 5. The van der Waals surface area contributed by atoms with Gasteiger partial charge in [-0.1, -0.05) is 182 Å². The largest absolute Gasteiger partial charge is 0.455 e. The molecule has 0 aliphatic heterocycles. The molecule has 0 saturated heterocycles. The van der Waals surface area contributed by atoms with Gasteiger partial charge in [0.05, 0.1) is 5.48 Å². The van der Waals surface area contributed by atoms with Gasteiger partial charge in [0.2, 0.25) is 0 Å². The lowest BCUT2D eigenvalue weighted by Crippen LogP contribution is -2.10. The van der Waals surface area contributed by atoms with Crippen molar-refractivity contribution in [3.63, 3.8) is 0 Å². The number of hydrogen-bond donors (Lipinski definition) is 0. The highest BCUT2D eigenvalue weighted by Crippen LogP contribution is 2.43. The van der Waals surface area contributed by atoms with Crippen LogP contribution < -0.4 is 4.90 Å². The van der Waals surface area contributed by atoms with Crippen LogP contribution in [-0.2, 0) is 0 Å². The molecule has 0 amide bonds. The predicted molar refractivity (Wildman–Crippen MR) is 253 cm³/mol. The summed E-state index contributed by atoms with van der Waals surface area (Å²) in [6.45, 7) is 0. The molecule has 0 aliphatic carbocycles. The molecule has 11 aromatic rings. The van der Waals surface area contributed by atoms with Gasteiger partial charge in [0, 0.05) is 33.2 Å². The van der Waals surface area contributed by atoms with Crippen molar-refractivity contribution in [2.75, 3.05) is 4.90 Å². The highest BCUT2D eigenvalue weighted by atomic mass is 16.3. The summed E-state index contributed by atoms with van der Waals surface area (Å²) in [4.78, 5) is 1.86. The Morgan fingerprint density at radius 3 is 1.60 bits per heavy atom. The van der Waals surface area contributed by atoms with E-state index in [1.54, 1.807) is 0 Å². The lowest BCUT2D eigenvalue weighted by Gasteiger charge is -2.26. The summed E-state index contributed by atoms with van der Waals surface area (Å²) in [6, 6.07) is 70.7. The monoisotopic (exact) mass is 769 g/mol. The van der Waals surface area contributed by atoms with Crippen molar-refractivity contribution in [1.82, 2.24) is 0 Å². The molecule has 2 heteroatoms. The molecule has 0 unspecified atom stereocenters. The first-order valence-electron chi connectivity index (χ1n) is 22.2. The Labute approximate surface area is 355 Å². The first-order chi connectivity index (χ1) is 31.4. The van der Waals surface area contributed by atoms with Gasteiger partial charge in [0.25, 0.3) is 0 Å². The smallest absolute Gasteiger partial charge is 0.143 e. The van der Waals surface area contributed by atoms with Crippen LogP contribution in [0.4, 0.5) is 17.1 Å². The summed E-state index contributed by atoms with van der Waals surface area (Å²) < 4.78 is 44.8. The third kappa shape index (κ3) is 6.51. The minimum atomic E-state index is -0.137. The average molecular weight is 770 g/mol. The second kappa shape index (κ2) is 15.1. The fraction of sp³-hybridized carbons (Fsp3) is 0. The quantitative estimate of drug-likeness (QED) is 0.153. The topological polar surface area (TPSA) is 16.4 Å². The Hall–Kier alpha value is -7.94. The molecule has 0 bridgehead atoms. The second-order valence-corrected chi connectivity index (χ2v) is 15.0. The van der Waals surface area contributed by atoms with E-state index in [2.05, 4.69) is 78.9 Å². The van der Waals surface area contributed by atoms with Gasteiger partial charge in [0.15, 0.2) is 0 Å². The van der Waals surface area contributed by atoms with E-state index in [-0.39, 0.29) is 35.4 Å². The van der Waals surface area contributed by atoms with Crippen molar-refractivity contribution in [3.8, 4) is 55.6 Å². The van der Waals surface area contributed by atoms with Crippen molar-refractivity contribution >= 4 is 49.8 Å². The van der Waals surface area contributed by atoms with Crippen LogP contribution in [-0.4, -0.2) is 0 Å². The van der Waals surface area contributed by atoms with E-state index in [1.165, 1.54) is 0 Å². The molecule has 0 spiro atoms. The van der Waals surface area contributed by atoms with E-state index < -0.39 is 0 Å². The van der Waals surface area contributed by atoms with Crippen LogP contribution in [0.25, 0.3) is 88.3 Å². The third-order valence-electron chi connectivity index (χ3n) is 11.3. The second-order valence-electron chi connectivity index (χ2n) is 15.0. The van der Waals surface area contributed by atoms with E-state index in [4.69, 9.17) is 4.42 Å². The number of hydrogen-bond acceptors (Lipinski definition) is 2. The standard InChI is InChI=1S/C58H39NO/c1-3-12-40(13-4-1)42-24-26-43(27-25-42)44-28-33-50(34-29-44)59(51-35-30-45(31-36-51)48-18-9-17-47(38-48)41-14-5-2-6-15-41)52-20-10-19-49(39-52)53-22-11-23-56-57(53)55-37-32-46-16-7-8-21-54(46)58(55)60-56/h1-39H/i30D,31D,35D,36D. The molecule has 282 valence electrons. The van der Waals surface area contributed by atoms with Gasteiger partial charge in [-0.15, -0.1) is 0 Å². The Morgan fingerprint density at radius 1 is 0.333 bits per heavy atom. The van der Waals surface area contributed by atoms with E-state index in [1.807, 2.05) is 138 Å². The van der Waals surface area contributed by atoms with Gasteiger partial charge in [-0.25, -0.2) is 0 Å². The molecule has 0 N–H and O–H groups in total. The number of benzene rings is 10. The van der Waals surface area contributed by atoms with E-state index in [0.29, 0.717) is 16.9 Å². The maximum absolute atomic E-state index is 9.65. The molecule has 10 aromatic carbocycles. The van der Waals surface area contributed by atoms with Crippen molar-refractivity contribution in [2.24, 2.45) is 0 Å². The molecular weight excluding hydrogens is 727 g/mol. The summed E-state index contributed by atoms with van der Waals surface area (Å²) in [5, 5.41) is 4.18. The van der Waals surface area contributed by atoms with E-state index in [0.717, 1.165) is 77.2 Å². The van der Waals surface area contributed by atoms with Gasteiger partial charge in [-0.05, 0) is 116 Å². The SMILES string of the molecule is [2H]c1c([2H])c(N(c2ccc(-c3ccc(-c4ccccc4)cc3)cc2)c2cccc(-c3cccc4oc5c6ccccc6ccc5c34)c2)c([2H])c([2H])c1-c1cccc(-c2ccccc2)c1. The highest BCUT2D eigenvalue weighted by molar-refractivity contribution is 6.19. The van der Waals surface area contributed by atoms with Gasteiger partial charge in [-0.2, -0.15) is 0 Å². The fourth-order valence-corrected chi connectivity index (χ4v) is 8.35. The minimum absolute atomic E-state index is 0.112. The van der Waals surface area contributed by atoms with Crippen molar-refractivity contribution < 1.29 is 9.90 Å². The van der Waals surface area contributed by atoms with Crippen molar-refractivity contribution in [3.05, 3.63) is 236 Å². The zero-order valence-corrected chi connectivity index (χ0v) is 32.6. The lowest BCUT2D eigenvalue weighted by atomic mass is 9.97. The van der Waals surface area contributed by atoms with Gasteiger partial charge in [-0.3, -0.25) is 0 Å². The van der Waals surface area contributed by atoms with Crippen LogP contribution >= 0.6 is 0 Å². The average Bonchev–Trinajstić information content (AvgIpc) is 3.75. The van der Waals surface area contributed by atoms with Crippen LogP contribution in [0, 0.1) is 0 Å². The zero-order valence-electron chi connectivity index (χ0n) is 36.6. The first-order valence-corrected chi connectivity index (χ1v) is 20.2. The molecule has 1 heterocycles. The molecule has 0 fully saturated rings. The summed E-state index contributed by atoms with van der Waals surface area (Å²) in [7, 11) is 0. The Morgan fingerprint density at radius 2 is 0.883 bits per heavy atom. The molecule has 0 atom stereocenters. The van der Waals surface area contributed by atoms with Crippen LogP contribution in [0.5, 0.6) is 0 Å². The molecule has 0 aliphatic rings. The fourth-order valence-electron chi connectivity index (χ4n) is 8.35. The van der Waals surface area contributed by atoms with Gasteiger partial charge >= 0.3 is 0 Å². The molecular formula is C58H39NO. The molecule has 60 heavy (non-hydrogen) atoms. The summed E-state index contributed by atoms with van der Waals surface area (Å²) in [5.74, 6) is 0. The minimum Gasteiger partial charge on any atom is -0.455 e. The summed E-state index contributed by atoms with van der Waals surface area (Å²) in [5.41, 5.74) is 12.2. The zero-order chi connectivity index (χ0) is 43.3. The Balaban J connectivity index is 1.06. The van der Waals surface area contributed by atoms with E-state index in [9.17, 15) is 5.48 Å². The van der Waals surface area contributed by atoms with Crippen LogP contribution in [0.1, 0.15) is 5.48 Å². The van der Waals surface area contributed by atoms with Crippen molar-refractivity contribution in [1.29, 1.82) is 0 Å². The molecule has 2 nitrogen and oxygen atoms in total. The molecule has 1 aromatic heterocycles. The number of furan rings is 1. The number of nitrogens with zero attached hydrogens (tertiary/aromatic N) is 1.